The van der Waals surface area contributed by atoms with Crippen LogP contribution in [0, 0.1) is 0 Å². The average Bonchev–Trinajstić information content (AvgIpc) is 2.40. The Morgan fingerprint density at radius 2 is 2.16 bits per heavy atom. The highest BCUT2D eigenvalue weighted by Gasteiger charge is 2.06. The Labute approximate surface area is 110 Å². The van der Waals surface area contributed by atoms with Crippen LogP contribution in [-0.2, 0) is 12.8 Å². The molecule has 0 unspecified atom stereocenters. The first-order valence-electron chi connectivity index (χ1n) is 6.19. The van der Waals surface area contributed by atoms with Gasteiger partial charge in [-0.1, -0.05) is 25.1 Å². The topological polar surface area (TPSA) is 75.2 Å². The number of nitrogens with zero attached hydrogens (tertiary/aromatic N) is 1. The van der Waals surface area contributed by atoms with Crippen molar-refractivity contribution in [1.82, 2.24) is 9.97 Å². The third-order valence-electron chi connectivity index (χ3n) is 2.67. The van der Waals surface area contributed by atoms with E-state index in [2.05, 4.69) is 9.97 Å². The summed E-state index contributed by atoms with van der Waals surface area (Å²) in [6.07, 6.45) is 1.13. The fraction of sp³-hybridized carbons (Fsp3) is 0.286. The quantitative estimate of drug-likeness (QED) is 0.857. The molecule has 1 heterocycles. The number of aromatic nitrogens is 2. The lowest BCUT2D eigenvalue weighted by molar-refractivity contribution is 0.297. The maximum absolute atomic E-state index is 11.5. The summed E-state index contributed by atoms with van der Waals surface area (Å²) in [5.74, 6) is 1.46. The van der Waals surface area contributed by atoms with Gasteiger partial charge in [-0.15, -0.1) is 0 Å². The van der Waals surface area contributed by atoms with Crippen molar-refractivity contribution in [2.75, 3.05) is 6.61 Å². The number of para-hydroxylation sites is 1. The second-order valence-corrected chi connectivity index (χ2v) is 4.07. The zero-order valence-electron chi connectivity index (χ0n) is 10.7. The number of rotatable bonds is 5. The van der Waals surface area contributed by atoms with Crippen LogP contribution in [0.25, 0.3) is 0 Å². The number of aliphatic hydroxyl groups is 1. The lowest BCUT2D eigenvalue weighted by Gasteiger charge is -2.09. The molecule has 0 atom stereocenters. The fourth-order valence-corrected chi connectivity index (χ4v) is 1.75. The van der Waals surface area contributed by atoms with Gasteiger partial charge in [0.15, 0.2) is 0 Å². The minimum Gasteiger partial charge on any atom is -0.438 e. The summed E-state index contributed by atoms with van der Waals surface area (Å²) >= 11 is 0. The number of H-pyrrole nitrogens is 1. The van der Waals surface area contributed by atoms with E-state index in [9.17, 15) is 4.79 Å². The van der Waals surface area contributed by atoms with Gasteiger partial charge in [-0.25, -0.2) is 0 Å². The number of aliphatic hydroxyl groups excluding tert-OH is 1. The Morgan fingerprint density at radius 3 is 2.89 bits per heavy atom. The predicted molar refractivity (Wildman–Crippen MR) is 71.5 cm³/mol. The van der Waals surface area contributed by atoms with Crippen molar-refractivity contribution < 1.29 is 9.84 Å². The van der Waals surface area contributed by atoms with Gasteiger partial charge < -0.3 is 14.8 Å². The molecule has 0 radical (unpaired) electrons. The molecule has 1 aromatic carbocycles. The molecule has 0 fully saturated rings. The highest BCUT2D eigenvalue weighted by Crippen LogP contribution is 2.23. The minimum atomic E-state index is -0.235. The van der Waals surface area contributed by atoms with Crippen molar-refractivity contribution in [3.8, 4) is 11.6 Å². The Hall–Kier alpha value is -2.14. The third kappa shape index (κ3) is 3.42. The van der Waals surface area contributed by atoms with Crippen LogP contribution in [0.4, 0.5) is 0 Å². The molecule has 19 heavy (non-hydrogen) atoms. The number of aromatic amines is 1. The molecule has 5 heteroatoms. The molecule has 0 saturated carbocycles. The average molecular weight is 260 g/mol. The SMILES string of the molecule is CCc1nc(Oc2ccccc2CCO)cc(=O)[nH]1. The van der Waals surface area contributed by atoms with E-state index in [-0.39, 0.29) is 18.0 Å². The monoisotopic (exact) mass is 260 g/mol. The number of hydrogen-bond acceptors (Lipinski definition) is 4. The van der Waals surface area contributed by atoms with E-state index < -0.39 is 0 Å². The molecule has 0 aliphatic heterocycles. The van der Waals surface area contributed by atoms with E-state index >= 15 is 0 Å². The molecule has 2 aromatic rings. The van der Waals surface area contributed by atoms with Crippen molar-refractivity contribution >= 4 is 0 Å². The van der Waals surface area contributed by atoms with E-state index in [1.807, 2.05) is 25.1 Å². The second-order valence-electron chi connectivity index (χ2n) is 4.07. The molecule has 2 N–H and O–H groups in total. The van der Waals surface area contributed by atoms with Gasteiger partial charge in [0.05, 0.1) is 6.07 Å². The maximum atomic E-state index is 11.5. The maximum Gasteiger partial charge on any atom is 0.254 e. The standard InChI is InChI=1S/C14H16N2O3/c1-2-12-15-13(18)9-14(16-12)19-11-6-4-3-5-10(11)7-8-17/h3-6,9,17H,2,7-8H2,1H3,(H,15,16,18). The Bertz CT molecular complexity index is 608. The molecule has 2 rings (SSSR count). The summed E-state index contributed by atoms with van der Waals surface area (Å²) in [6.45, 7) is 1.95. The van der Waals surface area contributed by atoms with Gasteiger partial charge in [0.2, 0.25) is 5.88 Å². The summed E-state index contributed by atoms with van der Waals surface area (Å²) in [4.78, 5) is 18.3. The first kappa shape index (κ1) is 13.3. The van der Waals surface area contributed by atoms with Gasteiger partial charge in [0, 0.05) is 13.0 Å². The van der Waals surface area contributed by atoms with Crippen LogP contribution in [-0.4, -0.2) is 21.7 Å². The Morgan fingerprint density at radius 1 is 1.37 bits per heavy atom. The zero-order valence-corrected chi connectivity index (χ0v) is 10.7. The largest absolute Gasteiger partial charge is 0.438 e. The molecule has 1 aromatic heterocycles. The molecule has 0 amide bonds. The lowest BCUT2D eigenvalue weighted by atomic mass is 10.1. The van der Waals surface area contributed by atoms with Gasteiger partial charge in [-0.05, 0) is 18.1 Å². The van der Waals surface area contributed by atoms with Crippen LogP contribution in [0.3, 0.4) is 0 Å². The van der Waals surface area contributed by atoms with Gasteiger partial charge in [-0.2, -0.15) is 4.98 Å². The van der Waals surface area contributed by atoms with Crippen LogP contribution >= 0.6 is 0 Å². The summed E-state index contributed by atoms with van der Waals surface area (Å²) in [5, 5.41) is 9.01. The zero-order chi connectivity index (χ0) is 13.7. The summed E-state index contributed by atoms with van der Waals surface area (Å²) in [5.41, 5.74) is 0.645. The number of aryl methyl sites for hydroxylation is 1. The molecule has 0 bridgehead atoms. The smallest absolute Gasteiger partial charge is 0.254 e. The second kappa shape index (κ2) is 6.15. The minimum absolute atomic E-state index is 0.0450. The first-order valence-corrected chi connectivity index (χ1v) is 6.19. The van der Waals surface area contributed by atoms with Gasteiger partial charge >= 0.3 is 0 Å². The fourth-order valence-electron chi connectivity index (χ4n) is 1.75. The number of benzene rings is 1. The Balaban J connectivity index is 2.30. The summed E-state index contributed by atoms with van der Waals surface area (Å²) in [6, 6.07) is 8.69. The molecular formula is C14H16N2O3. The van der Waals surface area contributed by atoms with Crippen molar-refractivity contribution in [2.45, 2.75) is 19.8 Å². The lowest BCUT2D eigenvalue weighted by Crippen LogP contribution is -2.10. The van der Waals surface area contributed by atoms with E-state index in [0.29, 0.717) is 24.4 Å². The van der Waals surface area contributed by atoms with Crippen molar-refractivity contribution in [1.29, 1.82) is 0 Å². The third-order valence-corrected chi connectivity index (χ3v) is 2.67. The highest BCUT2D eigenvalue weighted by atomic mass is 16.5. The van der Waals surface area contributed by atoms with E-state index in [0.717, 1.165) is 5.56 Å². The van der Waals surface area contributed by atoms with Gasteiger partial charge in [0.25, 0.3) is 5.56 Å². The molecule has 0 aliphatic carbocycles. The molecule has 100 valence electrons. The van der Waals surface area contributed by atoms with E-state index in [1.54, 1.807) is 6.07 Å². The molecule has 0 aliphatic rings. The van der Waals surface area contributed by atoms with Crippen LogP contribution < -0.4 is 10.3 Å². The first-order chi connectivity index (χ1) is 9.22. The molecule has 5 nitrogen and oxygen atoms in total. The van der Waals surface area contributed by atoms with Crippen LogP contribution in [0.1, 0.15) is 18.3 Å². The van der Waals surface area contributed by atoms with Crippen LogP contribution in [0.5, 0.6) is 11.6 Å². The molecular weight excluding hydrogens is 244 g/mol. The number of nitrogens with one attached hydrogen (secondary N) is 1. The van der Waals surface area contributed by atoms with E-state index in [1.165, 1.54) is 6.07 Å². The van der Waals surface area contributed by atoms with Crippen molar-refractivity contribution in [3.63, 3.8) is 0 Å². The predicted octanol–water partition coefficient (Wildman–Crippen LogP) is 1.66. The normalized spacial score (nSPS) is 10.4. The van der Waals surface area contributed by atoms with Crippen LogP contribution in [0.2, 0.25) is 0 Å². The highest BCUT2D eigenvalue weighted by molar-refractivity contribution is 5.36. The Kier molecular flexibility index (Phi) is 4.30. The van der Waals surface area contributed by atoms with Crippen LogP contribution in [0.15, 0.2) is 35.1 Å². The molecule has 0 spiro atoms. The van der Waals surface area contributed by atoms with Crippen molar-refractivity contribution in [2.24, 2.45) is 0 Å². The van der Waals surface area contributed by atoms with E-state index in [4.69, 9.17) is 9.84 Å². The van der Waals surface area contributed by atoms with Gasteiger partial charge in [-0.3, -0.25) is 4.79 Å². The summed E-state index contributed by atoms with van der Waals surface area (Å²) in [7, 11) is 0. The van der Waals surface area contributed by atoms with Gasteiger partial charge in [0.1, 0.15) is 11.6 Å². The van der Waals surface area contributed by atoms with Crippen molar-refractivity contribution in [3.05, 3.63) is 52.1 Å². The molecule has 0 saturated heterocycles. The summed E-state index contributed by atoms with van der Waals surface area (Å²) < 4.78 is 5.64. The number of hydrogen-bond donors (Lipinski definition) is 2. The number of ether oxygens (including phenoxy) is 1.